The fourth-order valence-electron chi connectivity index (χ4n) is 1.93. The molecule has 0 unspecified atom stereocenters. The lowest BCUT2D eigenvalue weighted by molar-refractivity contribution is 0.340. The van der Waals surface area contributed by atoms with Crippen molar-refractivity contribution in [3.63, 3.8) is 0 Å². The number of nitrogens with zero attached hydrogens (tertiary/aromatic N) is 1. The molecule has 2 aromatic rings. The molecule has 0 atom stereocenters. The zero-order valence-corrected chi connectivity index (χ0v) is 13.2. The first-order chi connectivity index (χ1) is 9.93. The van der Waals surface area contributed by atoms with Crippen LogP contribution in [0.1, 0.15) is 18.4 Å². The van der Waals surface area contributed by atoms with Gasteiger partial charge in [-0.25, -0.2) is 8.42 Å². The van der Waals surface area contributed by atoms with Crippen molar-refractivity contribution in [2.75, 3.05) is 13.7 Å². The SMILES string of the molecule is CCOc1ccc(S(=O)(=O)N(C)Cc2ccc(C)o2)cc1. The van der Waals surface area contributed by atoms with Gasteiger partial charge in [0.25, 0.3) is 0 Å². The summed E-state index contributed by atoms with van der Waals surface area (Å²) in [4.78, 5) is 0.233. The maximum Gasteiger partial charge on any atom is 0.243 e. The van der Waals surface area contributed by atoms with Gasteiger partial charge in [0.15, 0.2) is 0 Å². The first kappa shape index (κ1) is 15.6. The third-order valence-corrected chi connectivity index (χ3v) is 4.84. The number of sulfonamides is 1. The zero-order chi connectivity index (χ0) is 15.5. The van der Waals surface area contributed by atoms with Crippen molar-refractivity contribution in [3.8, 4) is 5.75 Å². The molecule has 0 amide bonds. The summed E-state index contributed by atoms with van der Waals surface area (Å²) >= 11 is 0. The lowest BCUT2D eigenvalue weighted by Crippen LogP contribution is -2.26. The van der Waals surface area contributed by atoms with Gasteiger partial charge in [0.05, 0.1) is 18.0 Å². The van der Waals surface area contributed by atoms with E-state index in [1.165, 1.54) is 11.4 Å². The summed E-state index contributed by atoms with van der Waals surface area (Å²) < 4.78 is 36.9. The van der Waals surface area contributed by atoms with Crippen molar-refractivity contribution in [3.05, 3.63) is 47.9 Å². The van der Waals surface area contributed by atoms with E-state index in [1.54, 1.807) is 30.3 Å². The Kier molecular flexibility index (Phi) is 4.69. The van der Waals surface area contributed by atoms with Crippen LogP contribution in [-0.4, -0.2) is 26.4 Å². The molecule has 0 aliphatic carbocycles. The summed E-state index contributed by atoms with van der Waals surface area (Å²) in [5, 5.41) is 0. The standard InChI is InChI=1S/C15H19NO4S/c1-4-19-13-7-9-15(10-8-13)21(17,18)16(3)11-14-6-5-12(2)20-14/h5-10H,4,11H2,1-3H3. The fourth-order valence-corrected chi connectivity index (χ4v) is 3.07. The molecule has 0 radical (unpaired) electrons. The lowest BCUT2D eigenvalue weighted by Gasteiger charge is -2.16. The number of aryl methyl sites for hydroxylation is 1. The molecular weight excluding hydrogens is 290 g/mol. The molecule has 1 aromatic heterocycles. The van der Waals surface area contributed by atoms with Gasteiger partial charge in [0.2, 0.25) is 10.0 Å². The number of benzene rings is 1. The predicted molar refractivity (Wildman–Crippen MR) is 79.7 cm³/mol. The van der Waals surface area contributed by atoms with Gasteiger partial charge < -0.3 is 9.15 Å². The van der Waals surface area contributed by atoms with Gasteiger partial charge in [-0.2, -0.15) is 4.31 Å². The monoisotopic (exact) mass is 309 g/mol. The van der Waals surface area contributed by atoms with Crippen molar-refractivity contribution in [2.24, 2.45) is 0 Å². The largest absolute Gasteiger partial charge is 0.494 e. The summed E-state index contributed by atoms with van der Waals surface area (Å²) in [6.07, 6.45) is 0. The minimum Gasteiger partial charge on any atom is -0.494 e. The van der Waals surface area contributed by atoms with E-state index in [0.717, 1.165) is 5.76 Å². The van der Waals surface area contributed by atoms with E-state index in [2.05, 4.69) is 0 Å². The van der Waals surface area contributed by atoms with Crippen molar-refractivity contribution < 1.29 is 17.6 Å². The van der Waals surface area contributed by atoms with Crippen LogP contribution in [0.3, 0.4) is 0 Å². The Hall–Kier alpha value is -1.79. The summed E-state index contributed by atoms with van der Waals surface area (Å²) in [6.45, 7) is 4.45. The first-order valence-corrected chi connectivity index (χ1v) is 8.12. The van der Waals surface area contributed by atoms with Crippen LogP contribution in [0.2, 0.25) is 0 Å². The van der Waals surface area contributed by atoms with Gasteiger partial charge in [-0.15, -0.1) is 0 Å². The zero-order valence-electron chi connectivity index (χ0n) is 12.4. The Bertz CT molecular complexity index is 689. The van der Waals surface area contributed by atoms with E-state index in [9.17, 15) is 8.42 Å². The Morgan fingerprint density at radius 2 is 1.81 bits per heavy atom. The van der Waals surface area contributed by atoms with Crippen LogP contribution in [0.5, 0.6) is 5.75 Å². The average molecular weight is 309 g/mol. The van der Waals surface area contributed by atoms with E-state index >= 15 is 0 Å². The fraction of sp³-hybridized carbons (Fsp3) is 0.333. The quantitative estimate of drug-likeness (QED) is 0.823. The first-order valence-electron chi connectivity index (χ1n) is 6.68. The van der Waals surface area contributed by atoms with E-state index in [4.69, 9.17) is 9.15 Å². The van der Waals surface area contributed by atoms with E-state index in [0.29, 0.717) is 18.1 Å². The third kappa shape index (κ3) is 3.65. The highest BCUT2D eigenvalue weighted by Crippen LogP contribution is 2.20. The minimum atomic E-state index is -3.54. The molecule has 0 saturated carbocycles. The van der Waals surface area contributed by atoms with E-state index in [-0.39, 0.29) is 11.4 Å². The molecule has 1 aromatic carbocycles. The van der Waals surface area contributed by atoms with Crippen LogP contribution in [0.4, 0.5) is 0 Å². The highest BCUT2D eigenvalue weighted by molar-refractivity contribution is 7.89. The number of furan rings is 1. The predicted octanol–water partition coefficient (Wildman–Crippen LogP) is 2.81. The molecular formula is C15H19NO4S. The van der Waals surface area contributed by atoms with Crippen LogP contribution in [-0.2, 0) is 16.6 Å². The van der Waals surface area contributed by atoms with Crippen molar-refractivity contribution in [1.82, 2.24) is 4.31 Å². The number of hydrogen-bond acceptors (Lipinski definition) is 4. The van der Waals surface area contributed by atoms with Gasteiger partial charge >= 0.3 is 0 Å². The number of rotatable bonds is 6. The molecule has 0 spiro atoms. The Balaban J connectivity index is 2.16. The molecule has 0 bridgehead atoms. The average Bonchev–Trinajstić information content (AvgIpc) is 2.85. The molecule has 5 nitrogen and oxygen atoms in total. The van der Waals surface area contributed by atoms with Crippen LogP contribution in [0, 0.1) is 6.92 Å². The van der Waals surface area contributed by atoms with Gasteiger partial charge in [0, 0.05) is 7.05 Å². The summed E-state index contributed by atoms with van der Waals surface area (Å²) in [7, 11) is -2.01. The molecule has 0 saturated heterocycles. The summed E-state index contributed by atoms with van der Waals surface area (Å²) in [6, 6.07) is 9.99. The maximum absolute atomic E-state index is 12.5. The van der Waals surface area contributed by atoms with E-state index in [1.807, 2.05) is 19.9 Å². The summed E-state index contributed by atoms with van der Waals surface area (Å²) in [5.41, 5.74) is 0. The molecule has 0 N–H and O–H groups in total. The van der Waals surface area contributed by atoms with Crippen LogP contribution in [0.15, 0.2) is 45.7 Å². The second-order valence-corrected chi connectivity index (χ2v) is 6.72. The smallest absolute Gasteiger partial charge is 0.243 e. The van der Waals surface area contributed by atoms with Gasteiger partial charge in [0.1, 0.15) is 17.3 Å². The molecule has 21 heavy (non-hydrogen) atoms. The van der Waals surface area contributed by atoms with Crippen LogP contribution in [0.25, 0.3) is 0 Å². The van der Waals surface area contributed by atoms with Crippen LogP contribution < -0.4 is 4.74 Å². The summed E-state index contributed by atoms with van der Waals surface area (Å²) in [5.74, 6) is 2.03. The second kappa shape index (κ2) is 6.32. The number of hydrogen-bond donors (Lipinski definition) is 0. The van der Waals surface area contributed by atoms with Gasteiger partial charge in [-0.05, 0) is 50.2 Å². The van der Waals surface area contributed by atoms with Gasteiger partial charge in [-0.1, -0.05) is 0 Å². The molecule has 6 heteroatoms. The Morgan fingerprint density at radius 3 is 2.33 bits per heavy atom. The van der Waals surface area contributed by atoms with E-state index < -0.39 is 10.0 Å². The lowest BCUT2D eigenvalue weighted by atomic mass is 10.3. The molecule has 2 rings (SSSR count). The molecule has 0 aliphatic heterocycles. The normalized spacial score (nSPS) is 11.8. The molecule has 0 aliphatic rings. The highest BCUT2D eigenvalue weighted by atomic mass is 32.2. The third-order valence-electron chi connectivity index (χ3n) is 3.02. The van der Waals surface area contributed by atoms with Crippen molar-refractivity contribution in [1.29, 1.82) is 0 Å². The van der Waals surface area contributed by atoms with Crippen molar-refractivity contribution in [2.45, 2.75) is 25.3 Å². The second-order valence-electron chi connectivity index (χ2n) is 4.68. The molecule has 1 heterocycles. The Labute approximate surface area is 125 Å². The highest BCUT2D eigenvalue weighted by Gasteiger charge is 2.21. The minimum absolute atomic E-state index is 0.198. The molecule has 114 valence electrons. The van der Waals surface area contributed by atoms with Crippen LogP contribution >= 0.6 is 0 Å². The number of ether oxygens (including phenoxy) is 1. The maximum atomic E-state index is 12.5. The molecule has 0 fully saturated rings. The topological polar surface area (TPSA) is 59.8 Å². The van der Waals surface area contributed by atoms with Crippen molar-refractivity contribution >= 4 is 10.0 Å². The Morgan fingerprint density at radius 1 is 1.14 bits per heavy atom. The van der Waals surface area contributed by atoms with Gasteiger partial charge in [-0.3, -0.25) is 0 Å².